The molecule has 8 nitrogen and oxygen atoms in total. The van der Waals surface area contributed by atoms with Gasteiger partial charge in [0, 0.05) is 24.9 Å². The van der Waals surface area contributed by atoms with Gasteiger partial charge in [0.05, 0.1) is 29.5 Å². The van der Waals surface area contributed by atoms with Gasteiger partial charge in [0.2, 0.25) is 0 Å². The minimum atomic E-state index is -0.468. The topological polar surface area (TPSA) is 99.3 Å². The number of carbonyl (C=O) groups excluding carboxylic acids is 1. The van der Waals surface area contributed by atoms with Crippen LogP contribution < -0.4 is 10.1 Å². The molecule has 1 N–H and O–H groups in total. The second-order valence-corrected chi connectivity index (χ2v) is 5.48. The van der Waals surface area contributed by atoms with Gasteiger partial charge in [-0.2, -0.15) is 5.10 Å². The second-order valence-electron chi connectivity index (χ2n) is 5.48. The molecule has 8 heteroatoms. The van der Waals surface area contributed by atoms with Crippen molar-refractivity contribution in [2.24, 2.45) is 0 Å². The highest BCUT2D eigenvalue weighted by atomic mass is 16.6. The maximum atomic E-state index is 12.3. The van der Waals surface area contributed by atoms with E-state index in [1.807, 2.05) is 24.3 Å². The fourth-order valence-corrected chi connectivity index (χ4v) is 2.38. The summed E-state index contributed by atoms with van der Waals surface area (Å²) >= 11 is 0. The van der Waals surface area contributed by atoms with Gasteiger partial charge in [-0.3, -0.25) is 14.9 Å². The molecule has 3 aromatic rings. The van der Waals surface area contributed by atoms with E-state index in [9.17, 15) is 14.9 Å². The van der Waals surface area contributed by atoms with E-state index in [1.54, 1.807) is 25.4 Å². The van der Waals surface area contributed by atoms with Crippen LogP contribution in [-0.2, 0) is 6.54 Å². The lowest BCUT2D eigenvalue weighted by Gasteiger charge is -2.06. The zero-order chi connectivity index (χ0) is 18.5. The first kappa shape index (κ1) is 17.2. The summed E-state index contributed by atoms with van der Waals surface area (Å²) in [4.78, 5) is 22.5. The summed E-state index contributed by atoms with van der Waals surface area (Å²) in [5.74, 6) is 0.462. The van der Waals surface area contributed by atoms with Gasteiger partial charge in [0.1, 0.15) is 5.75 Å². The molecule has 3 rings (SSSR count). The molecule has 2 aromatic carbocycles. The van der Waals surface area contributed by atoms with Crippen LogP contribution in [0, 0.1) is 10.1 Å². The predicted octanol–water partition coefficient (Wildman–Crippen LogP) is 2.72. The molecule has 1 aromatic heterocycles. The van der Waals surface area contributed by atoms with Crippen molar-refractivity contribution in [3.63, 3.8) is 0 Å². The van der Waals surface area contributed by atoms with Crippen LogP contribution in [0.3, 0.4) is 0 Å². The highest BCUT2D eigenvalue weighted by Gasteiger charge is 2.11. The molecule has 0 radical (unpaired) electrons. The number of non-ortho nitro benzene ring substituents is 1. The zero-order valence-electron chi connectivity index (χ0n) is 14.0. The van der Waals surface area contributed by atoms with E-state index in [4.69, 9.17) is 4.74 Å². The number of carbonyl (C=O) groups is 1. The molecule has 0 atom stereocenters. The average Bonchev–Trinajstić information content (AvgIpc) is 3.16. The van der Waals surface area contributed by atoms with Crippen LogP contribution in [0.1, 0.15) is 15.9 Å². The van der Waals surface area contributed by atoms with Crippen molar-refractivity contribution in [1.82, 2.24) is 15.1 Å². The van der Waals surface area contributed by atoms with Gasteiger partial charge in [-0.05, 0) is 29.8 Å². The molecule has 0 saturated carbocycles. The van der Waals surface area contributed by atoms with E-state index < -0.39 is 4.92 Å². The van der Waals surface area contributed by atoms with E-state index in [0.717, 1.165) is 11.3 Å². The molecule has 0 aliphatic heterocycles. The number of nitrogens with zero attached hydrogens (tertiary/aromatic N) is 3. The number of hydrogen-bond acceptors (Lipinski definition) is 5. The lowest BCUT2D eigenvalue weighted by molar-refractivity contribution is -0.384. The highest BCUT2D eigenvalue weighted by Crippen LogP contribution is 2.15. The molecule has 0 unspecified atom stereocenters. The molecule has 0 aliphatic rings. The first-order valence-corrected chi connectivity index (χ1v) is 7.77. The summed E-state index contributed by atoms with van der Waals surface area (Å²) in [6.07, 6.45) is 3.02. The minimum Gasteiger partial charge on any atom is -0.497 e. The monoisotopic (exact) mass is 352 g/mol. The van der Waals surface area contributed by atoms with Gasteiger partial charge in [0.15, 0.2) is 0 Å². The van der Waals surface area contributed by atoms with E-state index in [2.05, 4.69) is 10.4 Å². The van der Waals surface area contributed by atoms with Crippen LogP contribution in [0.15, 0.2) is 60.9 Å². The van der Waals surface area contributed by atoms with Crippen LogP contribution in [0.5, 0.6) is 5.75 Å². The fourth-order valence-electron chi connectivity index (χ4n) is 2.38. The molecule has 0 fully saturated rings. The number of ether oxygens (including phenoxy) is 1. The molecule has 26 heavy (non-hydrogen) atoms. The third-order valence-electron chi connectivity index (χ3n) is 3.76. The fraction of sp³-hybridized carbons (Fsp3) is 0.111. The number of benzene rings is 2. The van der Waals surface area contributed by atoms with Crippen LogP contribution in [0.2, 0.25) is 0 Å². The third kappa shape index (κ3) is 3.86. The normalized spacial score (nSPS) is 10.3. The second kappa shape index (κ2) is 7.47. The van der Waals surface area contributed by atoms with Crippen molar-refractivity contribution < 1.29 is 14.5 Å². The quantitative estimate of drug-likeness (QED) is 0.543. The minimum absolute atomic E-state index is 0.00263. The summed E-state index contributed by atoms with van der Waals surface area (Å²) in [5.41, 5.74) is 1.94. The Morgan fingerprint density at radius 1 is 1.27 bits per heavy atom. The molecule has 1 amide bonds. The lowest BCUT2D eigenvalue weighted by Crippen LogP contribution is -2.22. The van der Waals surface area contributed by atoms with Crippen molar-refractivity contribution in [1.29, 1.82) is 0 Å². The van der Waals surface area contributed by atoms with E-state index in [0.29, 0.717) is 17.8 Å². The zero-order valence-corrected chi connectivity index (χ0v) is 14.0. The largest absolute Gasteiger partial charge is 0.497 e. The van der Waals surface area contributed by atoms with Gasteiger partial charge in [-0.15, -0.1) is 0 Å². The van der Waals surface area contributed by atoms with Crippen LogP contribution in [0.25, 0.3) is 5.69 Å². The number of amides is 1. The Hall–Kier alpha value is -3.68. The van der Waals surface area contributed by atoms with E-state index in [-0.39, 0.29) is 11.6 Å². The van der Waals surface area contributed by atoms with Crippen molar-refractivity contribution in [3.8, 4) is 11.4 Å². The van der Waals surface area contributed by atoms with Crippen molar-refractivity contribution in [2.75, 3.05) is 7.11 Å². The molecular weight excluding hydrogens is 336 g/mol. The maximum Gasteiger partial charge on any atom is 0.269 e. The van der Waals surface area contributed by atoms with Crippen molar-refractivity contribution >= 4 is 11.6 Å². The molecule has 0 saturated heterocycles. The molecule has 0 aliphatic carbocycles. The van der Waals surface area contributed by atoms with Gasteiger partial charge in [-0.25, -0.2) is 4.68 Å². The summed E-state index contributed by atoms with van der Waals surface area (Å²) in [6.45, 7) is 0.360. The number of nitro groups is 1. The van der Waals surface area contributed by atoms with Crippen LogP contribution in [-0.4, -0.2) is 27.7 Å². The summed E-state index contributed by atoms with van der Waals surface area (Å²) < 4.78 is 6.64. The number of hydrogen-bond donors (Lipinski definition) is 1. The van der Waals surface area contributed by atoms with Crippen LogP contribution in [0.4, 0.5) is 5.69 Å². The molecular formula is C18H16N4O4. The standard InChI is InChI=1S/C18H16N4O4/c1-26-17-4-2-3-13(9-17)10-19-18(23)14-11-20-21(12-14)15-5-7-16(8-6-15)22(24)25/h2-9,11-12H,10H2,1H3,(H,19,23). The molecule has 132 valence electrons. The third-order valence-corrected chi connectivity index (χ3v) is 3.76. The van der Waals surface area contributed by atoms with Crippen molar-refractivity contribution in [2.45, 2.75) is 6.54 Å². The Balaban J connectivity index is 1.66. The van der Waals surface area contributed by atoms with Crippen LogP contribution >= 0.6 is 0 Å². The molecule has 0 spiro atoms. The first-order valence-electron chi connectivity index (χ1n) is 7.77. The average molecular weight is 352 g/mol. The summed E-state index contributed by atoms with van der Waals surface area (Å²) in [5, 5.41) is 17.6. The molecule has 1 heterocycles. The van der Waals surface area contributed by atoms with Gasteiger partial charge < -0.3 is 10.1 Å². The Morgan fingerprint density at radius 2 is 2.04 bits per heavy atom. The van der Waals surface area contributed by atoms with E-state index >= 15 is 0 Å². The first-order chi connectivity index (χ1) is 12.6. The maximum absolute atomic E-state index is 12.3. The predicted molar refractivity (Wildman–Crippen MR) is 94.4 cm³/mol. The number of aromatic nitrogens is 2. The van der Waals surface area contributed by atoms with E-state index in [1.165, 1.54) is 23.0 Å². The Morgan fingerprint density at radius 3 is 2.73 bits per heavy atom. The highest BCUT2D eigenvalue weighted by molar-refractivity contribution is 5.93. The Labute approximate surface area is 149 Å². The van der Waals surface area contributed by atoms with Gasteiger partial charge in [0.25, 0.3) is 11.6 Å². The number of methoxy groups -OCH3 is 1. The number of nitrogens with one attached hydrogen (secondary N) is 1. The van der Waals surface area contributed by atoms with Gasteiger partial charge >= 0.3 is 0 Å². The number of rotatable bonds is 6. The summed E-state index contributed by atoms with van der Waals surface area (Å²) in [6, 6.07) is 13.3. The Bertz CT molecular complexity index is 934. The smallest absolute Gasteiger partial charge is 0.269 e. The Kier molecular flexibility index (Phi) is 4.93. The number of nitro benzene ring substituents is 1. The lowest BCUT2D eigenvalue weighted by atomic mass is 10.2. The molecule has 0 bridgehead atoms. The van der Waals surface area contributed by atoms with Crippen molar-refractivity contribution in [3.05, 3.63) is 82.2 Å². The SMILES string of the molecule is COc1cccc(CNC(=O)c2cnn(-c3ccc([N+](=O)[O-])cc3)c2)c1. The summed E-state index contributed by atoms with van der Waals surface area (Å²) in [7, 11) is 1.59. The van der Waals surface area contributed by atoms with Gasteiger partial charge in [-0.1, -0.05) is 12.1 Å².